The van der Waals surface area contributed by atoms with Crippen molar-refractivity contribution in [2.24, 2.45) is 0 Å². The van der Waals surface area contributed by atoms with E-state index in [0.29, 0.717) is 12.5 Å². The van der Waals surface area contributed by atoms with Gasteiger partial charge in [-0.25, -0.2) is 13.2 Å². The number of ether oxygens (including phenoxy) is 2. The lowest BCUT2D eigenvalue weighted by Gasteiger charge is -2.22. The number of benzene rings is 2. The second-order valence-corrected chi connectivity index (χ2v) is 6.24. The zero-order chi connectivity index (χ0) is 23.1. The lowest BCUT2D eigenvalue weighted by atomic mass is 10.1. The van der Waals surface area contributed by atoms with E-state index in [0.717, 1.165) is 17.0 Å². The van der Waals surface area contributed by atoms with Gasteiger partial charge in [0.25, 0.3) is 5.91 Å². The number of amides is 2. The van der Waals surface area contributed by atoms with Crippen molar-refractivity contribution in [1.82, 2.24) is 4.90 Å². The summed E-state index contributed by atoms with van der Waals surface area (Å²) in [5, 5.41) is 2.08. The molecular formula is C20H19F5N2O4. The molecule has 1 N–H and O–H groups in total. The molecule has 6 nitrogen and oxygen atoms in total. The second kappa shape index (κ2) is 10.6. The Morgan fingerprint density at radius 3 is 2.39 bits per heavy atom. The number of halogens is 5. The minimum atomic E-state index is -3.09. The predicted octanol–water partition coefficient (Wildman–Crippen LogP) is 4.20. The van der Waals surface area contributed by atoms with E-state index in [1.165, 1.54) is 19.2 Å². The van der Waals surface area contributed by atoms with Gasteiger partial charge in [-0.1, -0.05) is 6.92 Å². The number of alkyl halides is 2. The molecule has 2 aromatic carbocycles. The van der Waals surface area contributed by atoms with Crippen LogP contribution in [0.2, 0.25) is 0 Å². The summed E-state index contributed by atoms with van der Waals surface area (Å²) >= 11 is 0. The molecular weight excluding hydrogens is 427 g/mol. The number of rotatable bonds is 9. The maximum atomic E-state index is 13.8. The Hall–Kier alpha value is -3.37. The highest BCUT2D eigenvalue weighted by Crippen LogP contribution is 2.30. The van der Waals surface area contributed by atoms with E-state index in [4.69, 9.17) is 4.74 Å². The predicted molar refractivity (Wildman–Crippen MR) is 101 cm³/mol. The maximum absolute atomic E-state index is 13.8. The van der Waals surface area contributed by atoms with Crippen LogP contribution < -0.4 is 14.8 Å². The second-order valence-electron chi connectivity index (χ2n) is 6.24. The Morgan fingerprint density at radius 2 is 1.77 bits per heavy atom. The van der Waals surface area contributed by atoms with Crippen molar-refractivity contribution in [3.8, 4) is 11.5 Å². The zero-order valence-corrected chi connectivity index (χ0v) is 16.6. The van der Waals surface area contributed by atoms with Crippen LogP contribution >= 0.6 is 0 Å². The molecule has 31 heavy (non-hydrogen) atoms. The molecule has 0 bridgehead atoms. The minimum Gasteiger partial charge on any atom is -0.493 e. The summed E-state index contributed by atoms with van der Waals surface area (Å²) in [6, 6.07) is 5.02. The third-order valence-corrected chi connectivity index (χ3v) is 4.05. The average Bonchev–Trinajstić information content (AvgIpc) is 2.73. The third-order valence-electron chi connectivity index (χ3n) is 4.05. The molecule has 0 spiro atoms. The van der Waals surface area contributed by atoms with E-state index in [1.807, 2.05) is 0 Å². The van der Waals surface area contributed by atoms with Gasteiger partial charge in [0.1, 0.15) is 6.54 Å². The molecule has 0 aromatic heterocycles. The Morgan fingerprint density at radius 1 is 1.06 bits per heavy atom. The normalized spacial score (nSPS) is 10.7. The Labute approximate surface area is 174 Å². The molecule has 0 unspecified atom stereocenters. The first kappa shape index (κ1) is 23.9. The van der Waals surface area contributed by atoms with Gasteiger partial charge >= 0.3 is 6.61 Å². The van der Waals surface area contributed by atoms with Crippen molar-refractivity contribution in [3.63, 3.8) is 0 Å². The fraction of sp³-hybridized carbons (Fsp3) is 0.300. The first-order valence-electron chi connectivity index (χ1n) is 9.03. The topological polar surface area (TPSA) is 67.9 Å². The number of nitrogens with one attached hydrogen (secondary N) is 1. The Balaban J connectivity index is 2.18. The van der Waals surface area contributed by atoms with Crippen LogP contribution in [0.1, 0.15) is 23.7 Å². The Bertz CT molecular complexity index is 955. The molecule has 2 aromatic rings. The average molecular weight is 446 g/mol. The number of hydrogen-bond acceptors (Lipinski definition) is 4. The molecule has 0 aliphatic carbocycles. The van der Waals surface area contributed by atoms with Crippen LogP contribution in [-0.2, 0) is 4.79 Å². The summed E-state index contributed by atoms with van der Waals surface area (Å²) in [6.07, 6.45) is 0.461. The summed E-state index contributed by atoms with van der Waals surface area (Å²) in [5.41, 5.74) is -0.554. The number of carbonyl (C=O) groups excluding carboxylic acids is 2. The molecule has 0 saturated carbocycles. The fourth-order valence-corrected chi connectivity index (χ4v) is 2.68. The highest BCUT2D eigenvalue weighted by Gasteiger charge is 2.22. The summed E-state index contributed by atoms with van der Waals surface area (Å²) < 4.78 is 74.3. The highest BCUT2D eigenvalue weighted by molar-refractivity contribution is 5.99. The monoisotopic (exact) mass is 446 g/mol. The number of anilines is 1. The molecule has 0 aliphatic heterocycles. The fourth-order valence-electron chi connectivity index (χ4n) is 2.68. The van der Waals surface area contributed by atoms with Crippen LogP contribution in [0.5, 0.6) is 11.5 Å². The summed E-state index contributed by atoms with van der Waals surface area (Å²) in [5.74, 6) is -6.59. The summed E-state index contributed by atoms with van der Waals surface area (Å²) in [6.45, 7) is -1.74. The van der Waals surface area contributed by atoms with Crippen LogP contribution in [0.4, 0.5) is 27.6 Å². The van der Waals surface area contributed by atoms with Gasteiger partial charge in [-0.3, -0.25) is 9.59 Å². The molecule has 0 radical (unpaired) electrons. The largest absolute Gasteiger partial charge is 0.493 e. The van der Waals surface area contributed by atoms with Crippen LogP contribution in [0.15, 0.2) is 30.3 Å². The van der Waals surface area contributed by atoms with Crippen LogP contribution in [0.3, 0.4) is 0 Å². The quantitative estimate of drug-likeness (QED) is 0.463. The number of carbonyl (C=O) groups is 2. The van der Waals surface area contributed by atoms with Gasteiger partial charge in [0.2, 0.25) is 5.91 Å². The van der Waals surface area contributed by atoms with Gasteiger partial charge in [-0.15, -0.1) is 0 Å². The zero-order valence-electron chi connectivity index (χ0n) is 16.6. The molecule has 0 heterocycles. The number of methoxy groups -OCH3 is 1. The van der Waals surface area contributed by atoms with E-state index >= 15 is 0 Å². The number of hydrogen-bond donors (Lipinski definition) is 1. The lowest BCUT2D eigenvalue weighted by Crippen LogP contribution is -2.38. The highest BCUT2D eigenvalue weighted by atomic mass is 19.3. The van der Waals surface area contributed by atoms with Crippen LogP contribution in [0, 0.1) is 17.5 Å². The van der Waals surface area contributed by atoms with E-state index in [-0.39, 0.29) is 23.6 Å². The third kappa shape index (κ3) is 6.06. The summed E-state index contributed by atoms with van der Waals surface area (Å²) in [4.78, 5) is 26.2. The van der Waals surface area contributed by atoms with Crippen LogP contribution in [0.25, 0.3) is 0 Å². The van der Waals surface area contributed by atoms with Gasteiger partial charge < -0.3 is 19.7 Å². The van der Waals surface area contributed by atoms with E-state index in [1.54, 1.807) is 6.92 Å². The molecule has 0 saturated heterocycles. The van der Waals surface area contributed by atoms with Crippen molar-refractivity contribution in [2.75, 3.05) is 25.5 Å². The molecule has 168 valence electrons. The molecule has 2 rings (SSSR count). The maximum Gasteiger partial charge on any atom is 0.387 e. The lowest BCUT2D eigenvalue weighted by molar-refractivity contribution is -0.116. The molecule has 11 heteroatoms. The van der Waals surface area contributed by atoms with Gasteiger partial charge in [-0.05, 0) is 36.8 Å². The van der Waals surface area contributed by atoms with Crippen molar-refractivity contribution < 1.29 is 41.0 Å². The molecule has 2 amide bonds. The van der Waals surface area contributed by atoms with Gasteiger partial charge in [0, 0.05) is 12.1 Å². The molecule has 0 atom stereocenters. The Kier molecular flexibility index (Phi) is 8.17. The van der Waals surface area contributed by atoms with Gasteiger partial charge in [-0.2, -0.15) is 8.78 Å². The molecule has 0 fully saturated rings. The van der Waals surface area contributed by atoms with Crippen LogP contribution in [-0.4, -0.2) is 43.5 Å². The van der Waals surface area contributed by atoms with E-state index < -0.39 is 48.1 Å². The summed E-state index contributed by atoms with van der Waals surface area (Å²) in [7, 11) is 1.20. The van der Waals surface area contributed by atoms with Crippen molar-refractivity contribution in [3.05, 3.63) is 53.3 Å². The van der Waals surface area contributed by atoms with Crippen molar-refractivity contribution in [2.45, 2.75) is 20.0 Å². The number of nitrogens with zero attached hydrogens (tertiary/aromatic N) is 1. The van der Waals surface area contributed by atoms with Crippen molar-refractivity contribution >= 4 is 17.5 Å². The smallest absolute Gasteiger partial charge is 0.387 e. The first-order valence-corrected chi connectivity index (χ1v) is 9.03. The van der Waals surface area contributed by atoms with Crippen molar-refractivity contribution in [1.29, 1.82) is 0 Å². The minimum absolute atomic E-state index is 0.0266. The molecule has 0 aliphatic rings. The standard InChI is InChI=1S/C20H19F5N2O4/c1-3-8-27(10-16(28)26-13-6-5-12(21)17(22)18(13)23)19(29)11-4-7-14(31-20(24)25)15(9-11)30-2/h4-7,9,20H,3,8,10H2,1-2H3,(H,26,28). The first-order chi connectivity index (χ1) is 14.7. The van der Waals surface area contributed by atoms with Gasteiger partial charge in [0.15, 0.2) is 29.0 Å². The van der Waals surface area contributed by atoms with Gasteiger partial charge in [0.05, 0.1) is 12.8 Å². The van der Waals surface area contributed by atoms with E-state index in [2.05, 4.69) is 10.1 Å². The SMILES string of the molecule is CCCN(CC(=O)Nc1ccc(F)c(F)c1F)C(=O)c1ccc(OC(F)F)c(OC)c1. The van der Waals surface area contributed by atoms with E-state index in [9.17, 15) is 31.5 Å².